The lowest BCUT2D eigenvalue weighted by Gasteiger charge is -2.19. The van der Waals surface area contributed by atoms with Crippen molar-refractivity contribution in [2.24, 2.45) is 0 Å². The molecule has 3 heteroatoms. The zero-order valence-electron chi connectivity index (χ0n) is 8.88. The highest BCUT2D eigenvalue weighted by Crippen LogP contribution is 2.07. The third-order valence-electron chi connectivity index (χ3n) is 2.75. The van der Waals surface area contributed by atoms with Crippen molar-refractivity contribution in [2.75, 3.05) is 26.2 Å². The molecule has 0 aliphatic carbocycles. The minimum atomic E-state index is -0.156. The van der Waals surface area contributed by atoms with Gasteiger partial charge in [-0.3, -0.25) is 4.90 Å². The Morgan fingerprint density at radius 3 is 2.73 bits per heavy atom. The Balaban J connectivity index is 1.92. The Morgan fingerprint density at radius 2 is 1.93 bits per heavy atom. The van der Waals surface area contributed by atoms with Crippen LogP contribution >= 0.6 is 0 Å². The van der Waals surface area contributed by atoms with Crippen LogP contribution in [0.5, 0.6) is 0 Å². The van der Waals surface area contributed by atoms with Gasteiger partial charge in [0.25, 0.3) is 0 Å². The van der Waals surface area contributed by atoms with Gasteiger partial charge < -0.3 is 5.32 Å². The number of hydrogen-bond donors (Lipinski definition) is 1. The first kappa shape index (κ1) is 10.6. The van der Waals surface area contributed by atoms with Crippen molar-refractivity contribution >= 4 is 0 Å². The molecule has 1 fully saturated rings. The molecular formula is C12H17FN2. The molecule has 2 nitrogen and oxygen atoms in total. The molecule has 0 unspecified atom stereocenters. The average molecular weight is 208 g/mol. The number of nitrogens with zero attached hydrogens (tertiary/aromatic N) is 1. The van der Waals surface area contributed by atoms with Gasteiger partial charge in [0.2, 0.25) is 0 Å². The second-order valence-corrected chi connectivity index (χ2v) is 4.01. The highest BCUT2D eigenvalue weighted by Gasteiger charge is 2.08. The molecule has 1 aromatic rings. The third kappa shape index (κ3) is 3.29. The summed E-state index contributed by atoms with van der Waals surface area (Å²) >= 11 is 0. The molecule has 0 saturated carbocycles. The van der Waals surface area contributed by atoms with Gasteiger partial charge in [-0.15, -0.1) is 0 Å². The number of nitrogens with one attached hydrogen (secondary N) is 1. The summed E-state index contributed by atoms with van der Waals surface area (Å²) in [7, 11) is 0. The smallest absolute Gasteiger partial charge is 0.123 e. The molecule has 0 spiro atoms. The van der Waals surface area contributed by atoms with Gasteiger partial charge in [0.1, 0.15) is 5.82 Å². The van der Waals surface area contributed by atoms with Crippen LogP contribution in [0.2, 0.25) is 0 Å². The summed E-state index contributed by atoms with van der Waals surface area (Å²) < 4.78 is 12.7. The van der Waals surface area contributed by atoms with E-state index in [0.717, 1.165) is 32.7 Å². The fourth-order valence-corrected chi connectivity index (χ4v) is 1.91. The van der Waals surface area contributed by atoms with E-state index >= 15 is 0 Å². The largest absolute Gasteiger partial charge is 0.315 e. The maximum atomic E-state index is 12.7. The quantitative estimate of drug-likeness (QED) is 0.794. The summed E-state index contributed by atoms with van der Waals surface area (Å²) in [6.07, 6.45) is 1.20. The molecule has 1 aliphatic rings. The fraction of sp³-hybridized carbons (Fsp3) is 0.500. The summed E-state index contributed by atoms with van der Waals surface area (Å²) in [6, 6.07) is 6.80. The van der Waals surface area contributed by atoms with Crippen LogP contribution in [-0.4, -0.2) is 31.1 Å². The van der Waals surface area contributed by atoms with Crippen molar-refractivity contribution in [3.63, 3.8) is 0 Å². The van der Waals surface area contributed by atoms with Gasteiger partial charge in [-0.2, -0.15) is 0 Å². The van der Waals surface area contributed by atoms with Crippen molar-refractivity contribution in [3.8, 4) is 0 Å². The second kappa shape index (κ2) is 5.24. The van der Waals surface area contributed by atoms with Crippen LogP contribution in [0.15, 0.2) is 24.3 Å². The van der Waals surface area contributed by atoms with E-state index < -0.39 is 0 Å². The molecule has 1 aliphatic heterocycles. The van der Waals surface area contributed by atoms with Crippen molar-refractivity contribution in [2.45, 2.75) is 13.0 Å². The van der Waals surface area contributed by atoms with Gasteiger partial charge in [0.15, 0.2) is 0 Å². The van der Waals surface area contributed by atoms with Gasteiger partial charge >= 0.3 is 0 Å². The lowest BCUT2D eigenvalue weighted by molar-refractivity contribution is 0.284. The number of benzene rings is 1. The summed E-state index contributed by atoms with van der Waals surface area (Å²) in [5.74, 6) is -0.156. The average Bonchev–Trinajstić information content (AvgIpc) is 2.50. The number of hydrogen-bond acceptors (Lipinski definition) is 2. The van der Waals surface area contributed by atoms with Gasteiger partial charge in [-0.1, -0.05) is 12.1 Å². The Morgan fingerprint density at radius 1 is 1.13 bits per heavy atom. The van der Waals surface area contributed by atoms with Gasteiger partial charge in [0, 0.05) is 19.6 Å². The molecule has 0 aromatic heterocycles. The van der Waals surface area contributed by atoms with Crippen LogP contribution in [-0.2, 0) is 6.54 Å². The van der Waals surface area contributed by atoms with Crippen LogP contribution < -0.4 is 5.32 Å². The van der Waals surface area contributed by atoms with Crippen LogP contribution in [0.3, 0.4) is 0 Å². The van der Waals surface area contributed by atoms with E-state index in [1.54, 1.807) is 0 Å². The van der Waals surface area contributed by atoms with Crippen LogP contribution in [0.4, 0.5) is 4.39 Å². The zero-order chi connectivity index (χ0) is 10.5. The molecule has 0 bridgehead atoms. The molecule has 1 N–H and O–H groups in total. The second-order valence-electron chi connectivity index (χ2n) is 4.01. The molecule has 15 heavy (non-hydrogen) atoms. The highest BCUT2D eigenvalue weighted by atomic mass is 19.1. The summed E-state index contributed by atoms with van der Waals surface area (Å²) in [6.45, 7) is 5.31. The first-order chi connectivity index (χ1) is 7.34. The maximum Gasteiger partial charge on any atom is 0.123 e. The molecule has 2 rings (SSSR count). The van der Waals surface area contributed by atoms with E-state index in [4.69, 9.17) is 0 Å². The van der Waals surface area contributed by atoms with Gasteiger partial charge in [0.05, 0.1) is 0 Å². The topological polar surface area (TPSA) is 15.3 Å². The number of rotatable bonds is 2. The van der Waals surface area contributed by atoms with Gasteiger partial charge in [-0.25, -0.2) is 4.39 Å². The Labute approximate surface area is 90.1 Å². The Hall–Kier alpha value is -0.930. The summed E-state index contributed by atoms with van der Waals surface area (Å²) in [5.41, 5.74) is 1.19. The van der Waals surface area contributed by atoms with Crippen molar-refractivity contribution in [1.29, 1.82) is 0 Å². The monoisotopic (exact) mass is 208 g/mol. The van der Waals surface area contributed by atoms with E-state index in [1.165, 1.54) is 24.1 Å². The molecular weight excluding hydrogens is 191 g/mol. The van der Waals surface area contributed by atoms with E-state index in [9.17, 15) is 4.39 Å². The van der Waals surface area contributed by atoms with Crippen LogP contribution in [0.1, 0.15) is 12.0 Å². The summed E-state index contributed by atoms with van der Waals surface area (Å²) in [4.78, 5) is 2.41. The third-order valence-corrected chi connectivity index (χ3v) is 2.75. The van der Waals surface area contributed by atoms with Crippen molar-refractivity contribution in [1.82, 2.24) is 10.2 Å². The molecule has 1 heterocycles. The molecule has 0 amide bonds. The molecule has 1 aromatic carbocycles. The standard InChI is InChI=1S/C12H17FN2/c13-12-4-2-11(3-5-12)10-15-8-1-6-14-7-9-15/h2-5,14H,1,6-10H2. The minimum Gasteiger partial charge on any atom is -0.315 e. The molecule has 82 valence electrons. The van der Waals surface area contributed by atoms with E-state index in [-0.39, 0.29) is 5.82 Å². The van der Waals surface area contributed by atoms with E-state index in [1.807, 2.05) is 12.1 Å². The van der Waals surface area contributed by atoms with Crippen molar-refractivity contribution in [3.05, 3.63) is 35.6 Å². The minimum absolute atomic E-state index is 0.156. The lowest BCUT2D eigenvalue weighted by atomic mass is 10.2. The predicted octanol–water partition coefficient (Wildman–Crippen LogP) is 1.62. The first-order valence-corrected chi connectivity index (χ1v) is 5.52. The lowest BCUT2D eigenvalue weighted by Crippen LogP contribution is -2.27. The molecule has 1 saturated heterocycles. The van der Waals surface area contributed by atoms with Gasteiger partial charge in [-0.05, 0) is 37.2 Å². The fourth-order valence-electron chi connectivity index (χ4n) is 1.91. The van der Waals surface area contributed by atoms with Crippen LogP contribution in [0, 0.1) is 5.82 Å². The predicted molar refractivity (Wildman–Crippen MR) is 59.2 cm³/mol. The molecule has 0 atom stereocenters. The SMILES string of the molecule is Fc1ccc(CN2CCCNCC2)cc1. The Kier molecular flexibility index (Phi) is 3.69. The van der Waals surface area contributed by atoms with E-state index in [2.05, 4.69) is 10.2 Å². The van der Waals surface area contributed by atoms with Crippen LogP contribution in [0.25, 0.3) is 0 Å². The molecule has 0 radical (unpaired) electrons. The normalized spacial score (nSPS) is 18.7. The highest BCUT2D eigenvalue weighted by molar-refractivity contribution is 5.15. The Bertz CT molecular complexity index is 289. The van der Waals surface area contributed by atoms with E-state index in [0.29, 0.717) is 0 Å². The zero-order valence-corrected chi connectivity index (χ0v) is 8.88. The maximum absolute atomic E-state index is 12.7. The number of halogens is 1. The van der Waals surface area contributed by atoms with Crippen molar-refractivity contribution < 1.29 is 4.39 Å². The summed E-state index contributed by atoms with van der Waals surface area (Å²) in [5, 5.41) is 3.37. The first-order valence-electron chi connectivity index (χ1n) is 5.52.